The van der Waals surface area contributed by atoms with E-state index in [1.54, 1.807) is 0 Å². The third-order valence-electron chi connectivity index (χ3n) is 3.26. The second-order valence-corrected chi connectivity index (χ2v) is 5.11. The molecule has 0 radical (unpaired) electrons. The highest BCUT2D eigenvalue weighted by atomic mass is 16.5. The highest BCUT2D eigenvalue weighted by Gasteiger charge is 2.24. The first kappa shape index (κ1) is 14.8. The minimum atomic E-state index is -0.113. The van der Waals surface area contributed by atoms with Gasteiger partial charge in [0.15, 0.2) is 0 Å². The summed E-state index contributed by atoms with van der Waals surface area (Å²) in [5.41, 5.74) is 1.29. The Morgan fingerprint density at radius 2 is 2.22 bits per heavy atom. The van der Waals surface area contributed by atoms with Crippen molar-refractivity contribution >= 4 is 5.97 Å². The molecule has 4 nitrogen and oxygen atoms in total. The third-order valence-corrected chi connectivity index (χ3v) is 3.26. The molecule has 102 valence electrons. The Morgan fingerprint density at radius 3 is 2.72 bits per heavy atom. The van der Waals surface area contributed by atoms with Crippen molar-refractivity contribution < 1.29 is 9.53 Å². The fraction of sp³-hybridized carbons (Fsp3) is 0.643. The number of aromatic nitrogens is 1. The Hall–Kier alpha value is -1.29. The first-order valence-corrected chi connectivity index (χ1v) is 6.42. The number of likely N-dealkylation sites (N-methyl/N-ethyl adjacent to an activating group) is 1. The van der Waals surface area contributed by atoms with E-state index in [4.69, 9.17) is 4.74 Å². The van der Waals surface area contributed by atoms with Crippen molar-refractivity contribution in [3.05, 3.63) is 24.0 Å². The molecular weight excluding hydrogens is 228 g/mol. The minimum Gasteiger partial charge on any atom is -0.469 e. The van der Waals surface area contributed by atoms with Crippen molar-refractivity contribution in [3.8, 4) is 0 Å². The molecule has 0 aromatic carbocycles. The zero-order valence-electron chi connectivity index (χ0n) is 11.8. The van der Waals surface area contributed by atoms with Crippen LogP contribution in [0.1, 0.15) is 19.4 Å². The molecule has 1 heterocycles. The maximum Gasteiger partial charge on any atom is 0.310 e. The quantitative estimate of drug-likeness (QED) is 0.754. The molecule has 1 rings (SSSR count). The molecule has 0 spiro atoms. The number of methoxy groups -OCH3 is 1. The van der Waals surface area contributed by atoms with E-state index in [1.165, 1.54) is 12.7 Å². The van der Waals surface area contributed by atoms with Crippen LogP contribution < -0.4 is 0 Å². The number of carbonyl (C=O) groups excluding carboxylic acids is 1. The van der Waals surface area contributed by atoms with Crippen LogP contribution in [0.4, 0.5) is 0 Å². The van der Waals surface area contributed by atoms with Crippen LogP contribution in [-0.2, 0) is 16.0 Å². The van der Waals surface area contributed by atoms with Crippen molar-refractivity contribution in [2.45, 2.75) is 20.3 Å². The molecule has 0 aliphatic rings. The van der Waals surface area contributed by atoms with E-state index in [9.17, 15) is 4.79 Å². The van der Waals surface area contributed by atoms with Gasteiger partial charge in [0, 0.05) is 25.5 Å². The van der Waals surface area contributed by atoms with Gasteiger partial charge >= 0.3 is 5.97 Å². The first-order chi connectivity index (χ1) is 8.54. The summed E-state index contributed by atoms with van der Waals surface area (Å²) in [6, 6.07) is 2.08. The molecule has 1 aromatic heterocycles. The van der Waals surface area contributed by atoms with E-state index in [1.807, 2.05) is 19.4 Å². The van der Waals surface area contributed by atoms with Gasteiger partial charge in [-0.3, -0.25) is 4.79 Å². The van der Waals surface area contributed by atoms with Crippen LogP contribution in [0.3, 0.4) is 0 Å². The first-order valence-electron chi connectivity index (χ1n) is 6.42. The maximum atomic E-state index is 11.7. The van der Waals surface area contributed by atoms with Crippen molar-refractivity contribution in [2.24, 2.45) is 11.8 Å². The second kappa shape index (κ2) is 7.21. The van der Waals surface area contributed by atoms with Crippen LogP contribution in [0.5, 0.6) is 0 Å². The molecular formula is C14H24N2O2. The van der Waals surface area contributed by atoms with Crippen molar-refractivity contribution in [3.63, 3.8) is 0 Å². The summed E-state index contributed by atoms with van der Waals surface area (Å²) in [7, 11) is 3.50. The molecule has 0 fully saturated rings. The highest BCUT2D eigenvalue weighted by Crippen LogP contribution is 2.14. The minimum absolute atomic E-state index is 0.0498. The van der Waals surface area contributed by atoms with Crippen molar-refractivity contribution in [1.29, 1.82) is 0 Å². The van der Waals surface area contributed by atoms with Gasteiger partial charge in [-0.1, -0.05) is 13.8 Å². The molecule has 18 heavy (non-hydrogen) atoms. The van der Waals surface area contributed by atoms with Crippen LogP contribution in [0.25, 0.3) is 0 Å². The highest BCUT2D eigenvalue weighted by molar-refractivity contribution is 5.72. The summed E-state index contributed by atoms with van der Waals surface area (Å²) in [6.07, 6.45) is 4.93. The molecule has 1 atom stereocenters. The van der Waals surface area contributed by atoms with E-state index in [0.717, 1.165) is 19.5 Å². The molecule has 0 aliphatic heterocycles. The smallest absolute Gasteiger partial charge is 0.310 e. The van der Waals surface area contributed by atoms with Crippen LogP contribution >= 0.6 is 0 Å². The Bertz CT molecular complexity index is 347. The van der Waals surface area contributed by atoms with Crippen LogP contribution in [0, 0.1) is 11.8 Å². The Balaban J connectivity index is 2.41. The SMILES string of the molecule is COC(=O)C(CN(C)CCc1cc[nH]c1)C(C)C. The van der Waals surface area contributed by atoms with Gasteiger partial charge in [0.2, 0.25) is 0 Å². The molecule has 4 heteroatoms. The van der Waals surface area contributed by atoms with E-state index in [2.05, 4.69) is 29.8 Å². The van der Waals surface area contributed by atoms with E-state index >= 15 is 0 Å². The lowest BCUT2D eigenvalue weighted by Gasteiger charge is -2.24. The fourth-order valence-electron chi connectivity index (χ4n) is 1.97. The lowest BCUT2D eigenvalue weighted by atomic mass is 9.95. The average molecular weight is 252 g/mol. The fourth-order valence-corrected chi connectivity index (χ4v) is 1.97. The number of ether oxygens (including phenoxy) is 1. The summed E-state index contributed by atoms with van der Waals surface area (Å²) in [6.45, 7) is 5.80. The Kier molecular flexibility index (Phi) is 5.92. The summed E-state index contributed by atoms with van der Waals surface area (Å²) in [5.74, 6) is 0.136. The second-order valence-electron chi connectivity index (χ2n) is 5.11. The summed E-state index contributed by atoms with van der Waals surface area (Å²) < 4.78 is 4.85. The lowest BCUT2D eigenvalue weighted by molar-refractivity contribution is -0.147. The van der Waals surface area contributed by atoms with E-state index < -0.39 is 0 Å². The maximum absolute atomic E-state index is 11.7. The topological polar surface area (TPSA) is 45.3 Å². The predicted molar refractivity (Wildman–Crippen MR) is 72.3 cm³/mol. The number of nitrogens with zero attached hydrogens (tertiary/aromatic N) is 1. The monoisotopic (exact) mass is 252 g/mol. The summed E-state index contributed by atoms with van der Waals surface area (Å²) in [4.78, 5) is 16.9. The zero-order valence-corrected chi connectivity index (χ0v) is 11.8. The van der Waals surface area contributed by atoms with Gasteiger partial charge < -0.3 is 14.6 Å². The van der Waals surface area contributed by atoms with Gasteiger partial charge in [-0.2, -0.15) is 0 Å². The molecule has 0 saturated heterocycles. The van der Waals surface area contributed by atoms with Crippen LogP contribution in [-0.4, -0.2) is 43.1 Å². The molecule has 0 amide bonds. The molecule has 1 unspecified atom stereocenters. The number of nitrogens with one attached hydrogen (secondary N) is 1. The normalized spacial score (nSPS) is 13.0. The molecule has 0 aliphatic carbocycles. The Labute approximate surface area is 109 Å². The number of esters is 1. The van der Waals surface area contributed by atoms with Gasteiger partial charge in [-0.05, 0) is 31.0 Å². The van der Waals surface area contributed by atoms with Crippen LogP contribution in [0.2, 0.25) is 0 Å². The predicted octanol–water partition coefficient (Wildman–Crippen LogP) is 1.93. The zero-order chi connectivity index (χ0) is 13.5. The van der Waals surface area contributed by atoms with Gasteiger partial charge in [0.1, 0.15) is 0 Å². The van der Waals surface area contributed by atoms with E-state index in [-0.39, 0.29) is 11.9 Å². The Morgan fingerprint density at radius 1 is 1.50 bits per heavy atom. The van der Waals surface area contributed by atoms with Crippen molar-refractivity contribution in [1.82, 2.24) is 9.88 Å². The largest absolute Gasteiger partial charge is 0.469 e. The number of hydrogen-bond acceptors (Lipinski definition) is 3. The number of H-pyrrole nitrogens is 1. The molecule has 0 bridgehead atoms. The van der Waals surface area contributed by atoms with Crippen molar-refractivity contribution in [2.75, 3.05) is 27.2 Å². The number of aromatic amines is 1. The van der Waals surface area contributed by atoms with E-state index in [0.29, 0.717) is 5.92 Å². The number of rotatable bonds is 7. The average Bonchev–Trinajstić information content (AvgIpc) is 2.85. The third kappa shape index (κ3) is 4.53. The molecule has 1 aromatic rings. The van der Waals surface area contributed by atoms with Crippen LogP contribution in [0.15, 0.2) is 18.5 Å². The summed E-state index contributed by atoms with van der Waals surface area (Å²) >= 11 is 0. The number of carbonyl (C=O) groups is 1. The van der Waals surface area contributed by atoms with Gasteiger partial charge in [0.25, 0.3) is 0 Å². The molecule has 0 saturated carbocycles. The molecule has 1 N–H and O–H groups in total. The summed E-state index contributed by atoms with van der Waals surface area (Å²) in [5, 5.41) is 0. The number of hydrogen-bond donors (Lipinski definition) is 1. The lowest BCUT2D eigenvalue weighted by Crippen LogP contribution is -2.35. The van der Waals surface area contributed by atoms with Gasteiger partial charge in [-0.25, -0.2) is 0 Å². The van der Waals surface area contributed by atoms with Gasteiger partial charge in [-0.15, -0.1) is 0 Å². The van der Waals surface area contributed by atoms with Gasteiger partial charge in [0.05, 0.1) is 13.0 Å². The standard InChI is InChI=1S/C14H24N2O2/c1-11(2)13(14(17)18-4)10-16(3)8-6-12-5-7-15-9-12/h5,7,9,11,13,15H,6,8,10H2,1-4H3.